The van der Waals surface area contributed by atoms with Crippen LogP contribution < -0.4 is 15.4 Å². The molecule has 1 unspecified atom stereocenters. The smallest absolute Gasteiger partial charge is 0.228 e. The summed E-state index contributed by atoms with van der Waals surface area (Å²) in [7, 11) is 0. The van der Waals surface area contributed by atoms with Gasteiger partial charge in [-0.3, -0.25) is 9.59 Å². The van der Waals surface area contributed by atoms with Crippen LogP contribution in [0.1, 0.15) is 29.0 Å². The predicted molar refractivity (Wildman–Crippen MR) is 95.8 cm³/mol. The predicted octanol–water partition coefficient (Wildman–Crippen LogP) is 2.62. The second-order valence-corrected chi connectivity index (χ2v) is 6.74. The van der Waals surface area contributed by atoms with Gasteiger partial charge in [0.1, 0.15) is 17.4 Å². The van der Waals surface area contributed by atoms with E-state index in [1.807, 2.05) is 0 Å². The maximum absolute atomic E-state index is 13.8. The fourth-order valence-electron chi connectivity index (χ4n) is 3.56. The second kappa shape index (κ2) is 7.55. The third kappa shape index (κ3) is 3.68. The zero-order valence-corrected chi connectivity index (χ0v) is 14.9. The van der Waals surface area contributed by atoms with Gasteiger partial charge in [0.25, 0.3) is 0 Å². The molecule has 2 aromatic carbocycles. The molecule has 2 heterocycles. The molecule has 0 spiro atoms. The number of carbonyl (C=O) groups excluding carboxylic acids is 2. The van der Waals surface area contributed by atoms with Crippen molar-refractivity contribution in [1.82, 2.24) is 5.32 Å². The van der Waals surface area contributed by atoms with Crippen molar-refractivity contribution in [1.29, 1.82) is 0 Å². The summed E-state index contributed by atoms with van der Waals surface area (Å²) in [5.41, 5.74) is 2.15. The quantitative estimate of drug-likeness (QED) is 0.844. The maximum Gasteiger partial charge on any atom is 0.228 e. The van der Waals surface area contributed by atoms with E-state index in [1.54, 1.807) is 0 Å². The highest BCUT2D eigenvalue weighted by atomic mass is 19.1. The summed E-state index contributed by atoms with van der Waals surface area (Å²) in [6, 6.07) is 6.71. The molecule has 2 amide bonds. The highest BCUT2D eigenvalue weighted by Gasteiger charge is 2.30. The van der Waals surface area contributed by atoms with Crippen molar-refractivity contribution in [2.45, 2.75) is 25.4 Å². The summed E-state index contributed by atoms with van der Waals surface area (Å²) in [5.74, 6) is -1.67. The Morgan fingerprint density at radius 3 is 2.93 bits per heavy atom. The molecular formula is C20H18F2N2O4. The molecule has 0 radical (unpaired) electrons. The fraction of sp³-hybridized carbons (Fsp3) is 0.300. The zero-order valence-electron chi connectivity index (χ0n) is 14.9. The van der Waals surface area contributed by atoms with Crippen LogP contribution in [-0.2, 0) is 27.4 Å². The highest BCUT2D eigenvalue weighted by Crippen LogP contribution is 2.33. The van der Waals surface area contributed by atoms with Crippen LogP contribution in [0.25, 0.3) is 0 Å². The fourth-order valence-corrected chi connectivity index (χ4v) is 3.56. The summed E-state index contributed by atoms with van der Waals surface area (Å²) < 4.78 is 37.8. The van der Waals surface area contributed by atoms with E-state index in [-0.39, 0.29) is 38.2 Å². The molecule has 0 saturated heterocycles. The molecule has 0 bridgehead atoms. The minimum absolute atomic E-state index is 0.0136. The van der Waals surface area contributed by atoms with Gasteiger partial charge in [0.05, 0.1) is 12.5 Å². The van der Waals surface area contributed by atoms with Gasteiger partial charge in [-0.05, 0) is 41.8 Å². The van der Waals surface area contributed by atoms with E-state index >= 15 is 0 Å². The highest BCUT2D eigenvalue weighted by molar-refractivity contribution is 6.01. The number of hydrogen-bond donors (Lipinski definition) is 2. The molecule has 0 fully saturated rings. The molecule has 1 atom stereocenters. The molecule has 146 valence electrons. The van der Waals surface area contributed by atoms with Crippen LogP contribution in [0.2, 0.25) is 0 Å². The van der Waals surface area contributed by atoms with E-state index in [0.29, 0.717) is 34.5 Å². The first-order chi connectivity index (χ1) is 13.5. The van der Waals surface area contributed by atoms with Crippen molar-refractivity contribution >= 4 is 17.5 Å². The van der Waals surface area contributed by atoms with Crippen LogP contribution in [0.15, 0.2) is 30.3 Å². The van der Waals surface area contributed by atoms with Crippen molar-refractivity contribution in [2.75, 3.05) is 18.7 Å². The minimum atomic E-state index is -0.699. The Bertz CT molecular complexity index is 948. The van der Waals surface area contributed by atoms with Crippen molar-refractivity contribution in [3.05, 3.63) is 58.7 Å². The lowest BCUT2D eigenvalue weighted by molar-refractivity contribution is -0.126. The third-order valence-electron chi connectivity index (χ3n) is 4.82. The number of amides is 2. The standard InChI is InChI=1S/C20H18F2N2O4/c21-13-1-2-15-16(8-18(25)24-17(15)7-13)20(26)23-4-3-11-5-14(22)6-12-9-27-10-28-19(11)12/h1-2,5-7,16H,3-4,8-10H2,(H,23,26)(H,24,25). The average molecular weight is 388 g/mol. The lowest BCUT2D eigenvalue weighted by Gasteiger charge is -2.25. The Hall–Kier alpha value is -3.00. The van der Waals surface area contributed by atoms with Crippen LogP contribution >= 0.6 is 0 Å². The van der Waals surface area contributed by atoms with Crippen molar-refractivity contribution in [3.63, 3.8) is 0 Å². The molecule has 28 heavy (non-hydrogen) atoms. The van der Waals surface area contributed by atoms with Gasteiger partial charge in [0, 0.05) is 24.2 Å². The topological polar surface area (TPSA) is 76.7 Å². The molecule has 0 aromatic heterocycles. The van der Waals surface area contributed by atoms with Crippen molar-refractivity contribution in [2.24, 2.45) is 0 Å². The van der Waals surface area contributed by atoms with Gasteiger partial charge in [0.15, 0.2) is 6.79 Å². The summed E-state index contributed by atoms with van der Waals surface area (Å²) in [4.78, 5) is 24.5. The van der Waals surface area contributed by atoms with E-state index in [4.69, 9.17) is 9.47 Å². The summed E-state index contributed by atoms with van der Waals surface area (Å²) in [6.07, 6.45) is 0.349. The van der Waals surface area contributed by atoms with Gasteiger partial charge in [-0.2, -0.15) is 0 Å². The molecular weight excluding hydrogens is 370 g/mol. The van der Waals surface area contributed by atoms with Crippen LogP contribution in [0.3, 0.4) is 0 Å². The number of rotatable bonds is 4. The number of carbonyl (C=O) groups is 2. The van der Waals surface area contributed by atoms with E-state index in [1.165, 1.54) is 30.3 Å². The lowest BCUT2D eigenvalue weighted by Crippen LogP contribution is -2.36. The third-order valence-corrected chi connectivity index (χ3v) is 4.82. The van der Waals surface area contributed by atoms with Gasteiger partial charge < -0.3 is 20.1 Å². The zero-order chi connectivity index (χ0) is 19.7. The molecule has 2 aliphatic heterocycles. The molecule has 2 aromatic rings. The second-order valence-electron chi connectivity index (χ2n) is 6.74. The number of anilines is 1. The van der Waals surface area contributed by atoms with Gasteiger partial charge in [0.2, 0.25) is 11.8 Å². The Kier molecular flexibility index (Phi) is 4.95. The molecule has 2 N–H and O–H groups in total. The first kappa shape index (κ1) is 18.4. The average Bonchev–Trinajstić information content (AvgIpc) is 2.66. The lowest BCUT2D eigenvalue weighted by atomic mass is 9.89. The Morgan fingerprint density at radius 2 is 2.07 bits per heavy atom. The first-order valence-electron chi connectivity index (χ1n) is 8.90. The molecule has 0 aliphatic carbocycles. The van der Waals surface area contributed by atoms with E-state index < -0.39 is 17.6 Å². The number of ether oxygens (including phenoxy) is 2. The maximum atomic E-state index is 13.8. The van der Waals surface area contributed by atoms with Crippen LogP contribution in [0, 0.1) is 11.6 Å². The Balaban J connectivity index is 1.45. The number of benzene rings is 2. The normalized spacial score (nSPS) is 17.8. The molecule has 0 saturated carbocycles. The molecule has 6 nitrogen and oxygen atoms in total. The monoisotopic (exact) mass is 388 g/mol. The SMILES string of the molecule is O=C1CC(C(=O)NCCc2cc(F)cc3c2OCOC3)c2ccc(F)cc2N1. The summed E-state index contributed by atoms with van der Waals surface area (Å²) >= 11 is 0. The molecule has 8 heteroatoms. The molecule has 4 rings (SSSR count). The van der Waals surface area contributed by atoms with Gasteiger partial charge in [-0.25, -0.2) is 8.78 Å². The van der Waals surface area contributed by atoms with Crippen LogP contribution in [-0.4, -0.2) is 25.2 Å². The van der Waals surface area contributed by atoms with Crippen molar-refractivity contribution < 1.29 is 27.8 Å². The Morgan fingerprint density at radius 1 is 1.21 bits per heavy atom. The van der Waals surface area contributed by atoms with Crippen molar-refractivity contribution in [3.8, 4) is 5.75 Å². The van der Waals surface area contributed by atoms with E-state index in [9.17, 15) is 18.4 Å². The van der Waals surface area contributed by atoms with E-state index in [0.717, 1.165) is 0 Å². The number of halogens is 2. The number of fused-ring (bicyclic) bond motifs is 2. The summed E-state index contributed by atoms with van der Waals surface area (Å²) in [5, 5.41) is 5.36. The number of hydrogen-bond acceptors (Lipinski definition) is 4. The van der Waals surface area contributed by atoms with Gasteiger partial charge >= 0.3 is 0 Å². The van der Waals surface area contributed by atoms with Crippen LogP contribution in [0.5, 0.6) is 5.75 Å². The van der Waals surface area contributed by atoms with Gasteiger partial charge in [-0.1, -0.05) is 6.07 Å². The van der Waals surface area contributed by atoms with Gasteiger partial charge in [-0.15, -0.1) is 0 Å². The first-order valence-corrected chi connectivity index (χ1v) is 8.90. The largest absolute Gasteiger partial charge is 0.467 e. The Labute approximate surface area is 159 Å². The minimum Gasteiger partial charge on any atom is -0.467 e. The van der Waals surface area contributed by atoms with Crippen LogP contribution in [0.4, 0.5) is 14.5 Å². The summed E-state index contributed by atoms with van der Waals surface area (Å²) in [6.45, 7) is 0.618. The van der Waals surface area contributed by atoms with E-state index in [2.05, 4.69) is 10.6 Å². The number of nitrogens with one attached hydrogen (secondary N) is 2. The molecule has 2 aliphatic rings.